The summed E-state index contributed by atoms with van der Waals surface area (Å²) in [6.07, 6.45) is 1.73. The largest absolute Gasteiger partial charge is 0.462 e. The molecule has 0 spiro atoms. The second-order valence-corrected chi connectivity index (χ2v) is 9.50. The summed E-state index contributed by atoms with van der Waals surface area (Å²) in [6, 6.07) is 19.6. The molecule has 9 heteroatoms. The zero-order valence-electron chi connectivity index (χ0n) is 22.0. The molecule has 0 saturated carbocycles. The lowest BCUT2D eigenvalue weighted by Crippen LogP contribution is -2.30. The Kier molecular flexibility index (Phi) is 7.31. The Bertz CT molecular complexity index is 1590. The monoisotopic (exact) mass is 527 g/mol. The van der Waals surface area contributed by atoms with E-state index in [1.165, 1.54) is 4.68 Å². The van der Waals surface area contributed by atoms with Crippen molar-refractivity contribution in [3.63, 3.8) is 0 Å². The van der Waals surface area contributed by atoms with Crippen LogP contribution >= 0.6 is 0 Å². The lowest BCUT2D eigenvalue weighted by molar-refractivity contribution is -0.143. The van der Waals surface area contributed by atoms with Crippen molar-refractivity contribution < 1.29 is 23.6 Å². The molecule has 0 aliphatic carbocycles. The number of hydrogen-bond donors (Lipinski definition) is 1. The minimum absolute atomic E-state index is 0.300. The zero-order chi connectivity index (χ0) is 27.5. The van der Waals surface area contributed by atoms with E-state index in [2.05, 4.69) is 10.3 Å². The Hall–Kier alpha value is -4.66. The van der Waals surface area contributed by atoms with Crippen LogP contribution in [0.5, 0.6) is 0 Å². The highest BCUT2D eigenvalue weighted by Crippen LogP contribution is 2.38. The smallest absolute Gasteiger partial charge is 0.344 e. The van der Waals surface area contributed by atoms with Crippen molar-refractivity contribution in [2.24, 2.45) is 11.1 Å². The zero-order valence-corrected chi connectivity index (χ0v) is 22.0. The Morgan fingerprint density at radius 1 is 1.08 bits per heavy atom. The van der Waals surface area contributed by atoms with E-state index in [1.807, 2.05) is 43.3 Å². The van der Waals surface area contributed by atoms with Gasteiger partial charge in [0.25, 0.3) is 5.56 Å². The highest BCUT2D eigenvalue weighted by Gasteiger charge is 2.43. The molecule has 0 radical (unpaired) electrons. The van der Waals surface area contributed by atoms with Crippen LogP contribution in [0.15, 0.2) is 81.1 Å². The second-order valence-electron chi connectivity index (χ2n) is 9.50. The van der Waals surface area contributed by atoms with Gasteiger partial charge in [0.05, 0.1) is 35.1 Å². The number of unbranched alkanes of at least 4 members (excludes halogenated alkanes) is 1. The van der Waals surface area contributed by atoms with E-state index in [4.69, 9.17) is 14.0 Å². The van der Waals surface area contributed by atoms with Crippen LogP contribution < -0.4 is 5.56 Å². The molecule has 1 N–H and O–H groups in total. The molecule has 0 amide bonds. The second kappa shape index (κ2) is 11.0. The fourth-order valence-corrected chi connectivity index (χ4v) is 4.80. The van der Waals surface area contributed by atoms with E-state index in [-0.39, 0.29) is 5.56 Å². The number of nitrogens with zero attached hydrogens (tertiary/aromatic N) is 2. The SMILES string of the molecule is CCCCOC(=O)c1cccc(-c2ccc(C(c3c(C)[nH]n(-c4ccccc4)c3=O)C3C(=O)ON=C3C)o2)c1. The third-order valence-corrected chi connectivity index (χ3v) is 6.81. The molecular weight excluding hydrogens is 498 g/mol. The summed E-state index contributed by atoms with van der Waals surface area (Å²) in [5, 5.41) is 7.01. The molecule has 1 aliphatic heterocycles. The molecule has 4 aromatic rings. The maximum Gasteiger partial charge on any atom is 0.344 e. The molecule has 200 valence electrons. The molecule has 5 rings (SSSR count). The number of aryl methyl sites for hydroxylation is 1. The van der Waals surface area contributed by atoms with Crippen LogP contribution in [-0.4, -0.2) is 34.0 Å². The number of para-hydroxylation sites is 1. The summed E-state index contributed by atoms with van der Waals surface area (Å²) in [6.45, 7) is 5.87. The quantitative estimate of drug-likeness (QED) is 0.178. The van der Waals surface area contributed by atoms with Crippen LogP contribution in [0.25, 0.3) is 17.0 Å². The number of benzene rings is 2. The third kappa shape index (κ3) is 5.07. The van der Waals surface area contributed by atoms with Crippen LogP contribution in [0.3, 0.4) is 0 Å². The van der Waals surface area contributed by atoms with Crippen molar-refractivity contribution in [2.75, 3.05) is 6.61 Å². The minimum Gasteiger partial charge on any atom is -0.462 e. The van der Waals surface area contributed by atoms with Gasteiger partial charge >= 0.3 is 11.9 Å². The van der Waals surface area contributed by atoms with Crippen LogP contribution in [0.1, 0.15) is 60.0 Å². The first kappa shape index (κ1) is 26.0. The molecule has 0 saturated heterocycles. The van der Waals surface area contributed by atoms with Crippen molar-refractivity contribution in [1.29, 1.82) is 0 Å². The first-order chi connectivity index (χ1) is 18.9. The number of esters is 1. The van der Waals surface area contributed by atoms with Gasteiger partial charge in [-0.05, 0) is 56.7 Å². The molecule has 9 nitrogen and oxygen atoms in total. The average molecular weight is 528 g/mol. The van der Waals surface area contributed by atoms with Gasteiger partial charge in [-0.1, -0.05) is 48.8 Å². The van der Waals surface area contributed by atoms with Gasteiger partial charge in [0.1, 0.15) is 17.4 Å². The van der Waals surface area contributed by atoms with Gasteiger partial charge in [-0.25, -0.2) is 14.3 Å². The summed E-state index contributed by atoms with van der Waals surface area (Å²) >= 11 is 0. The fourth-order valence-electron chi connectivity index (χ4n) is 4.80. The normalized spacial score (nSPS) is 15.6. The molecule has 0 fully saturated rings. The van der Waals surface area contributed by atoms with E-state index in [0.717, 1.165) is 12.8 Å². The van der Waals surface area contributed by atoms with Gasteiger partial charge in [0.15, 0.2) is 0 Å². The van der Waals surface area contributed by atoms with Gasteiger partial charge in [0, 0.05) is 11.3 Å². The number of oxime groups is 1. The molecule has 0 bridgehead atoms. The molecule has 2 aromatic carbocycles. The van der Waals surface area contributed by atoms with Gasteiger partial charge in [0.2, 0.25) is 0 Å². The predicted molar refractivity (Wildman–Crippen MR) is 145 cm³/mol. The Morgan fingerprint density at radius 3 is 2.59 bits per heavy atom. The van der Waals surface area contributed by atoms with Crippen molar-refractivity contribution in [1.82, 2.24) is 9.78 Å². The number of aromatic amines is 1. The lowest BCUT2D eigenvalue weighted by Gasteiger charge is -2.18. The number of ether oxygens (including phenoxy) is 1. The summed E-state index contributed by atoms with van der Waals surface area (Å²) in [4.78, 5) is 44.0. The number of nitrogens with one attached hydrogen (secondary N) is 1. The summed E-state index contributed by atoms with van der Waals surface area (Å²) < 4.78 is 13.1. The summed E-state index contributed by atoms with van der Waals surface area (Å²) in [5.74, 6) is -1.70. The van der Waals surface area contributed by atoms with Gasteiger partial charge in [-0.3, -0.25) is 9.89 Å². The highest BCUT2D eigenvalue weighted by atomic mass is 16.7. The average Bonchev–Trinajstić information content (AvgIpc) is 3.64. The number of carbonyl (C=O) groups excluding carboxylic acids is 2. The highest BCUT2D eigenvalue weighted by molar-refractivity contribution is 6.05. The van der Waals surface area contributed by atoms with E-state index in [9.17, 15) is 14.4 Å². The van der Waals surface area contributed by atoms with Crippen LogP contribution in [0, 0.1) is 12.8 Å². The number of aromatic nitrogens is 2. The van der Waals surface area contributed by atoms with E-state index in [0.29, 0.717) is 51.9 Å². The standard InChI is InChI=1S/C30H29N3O6/c1-4-5-16-37-29(35)21-11-9-10-20(17-21)23-14-15-24(38-23)27(26-19(3)32-39-30(26)36)25-18(2)31-33(28(25)34)22-12-7-6-8-13-22/h6-15,17,26-27,31H,4-5,16H2,1-3H3. The molecule has 2 aromatic heterocycles. The van der Waals surface area contributed by atoms with Crippen molar-refractivity contribution in [3.05, 3.63) is 99.7 Å². The van der Waals surface area contributed by atoms with Crippen LogP contribution in [0.4, 0.5) is 0 Å². The van der Waals surface area contributed by atoms with Gasteiger partial charge in [-0.2, -0.15) is 0 Å². The molecule has 39 heavy (non-hydrogen) atoms. The fraction of sp³-hybridized carbons (Fsp3) is 0.267. The third-order valence-electron chi connectivity index (χ3n) is 6.81. The number of H-pyrrole nitrogens is 1. The Labute approximate surface area is 225 Å². The van der Waals surface area contributed by atoms with Gasteiger partial charge in [-0.15, -0.1) is 0 Å². The summed E-state index contributed by atoms with van der Waals surface area (Å²) in [7, 11) is 0. The first-order valence-corrected chi connectivity index (χ1v) is 12.9. The van der Waals surface area contributed by atoms with Crippen molar-refractivity contribution in [3.8, 4) is 17.0 Å². The Balaban J connectivity index is 1.55. The number of hydrogen-bond acceptors (Lipinski definition) is 7. The number of rotatable bonds is 9. The number of carbonyl (C=O) groups is 2. The molecule has 2 unspecified atom stereocenters. The minimum atomic E-state index is -0.838. The molecule has 2 atom stereocenters. The molecule has 1 aliphatic rings. The predicted octanol–water partition coefficient (Wildman–Crippen LogP) is 5.37. The molecular formula is C30H29N3O6. The maximum absolute atomic E-state index is 13.7. The first-order valence-electron chi connectivity index (χ1n) is 12.9. The van der Waals surface area contributed by atoms with Crippen molar-refractivity contribution >= 4 is 17.7 Å². The Morgan fingerprint density at radius 2 is 1.87 bits per heavy atom. The van der Waals surface area contributed by atoms with E-state index >= 15 is 0 Å². The lowest BCUT2D eigenvalue weighted by atomic mass is 9.82. The molecule has 3 heterocycles. The van der Waals surface area contributed by atoms with Crippen LogP contribution in [0.2, 0.25) is 0 Å². The summed E-state index contributed by atoms with van der Waals surface area (Å²) in [5.41, 5.74) is 2.86. The van der Waals surface area contributed by atoms with Crippen molar-refractivity contribution in [2.45, 2.75) is 39.5 Å². The maximum atomic E-state index is 13.7. The van der Waals surface area contributed by atoms with E-state index in [1.54, 1.807) is 44.2 Å². The number of furan rings is 1. The van der Waals surface area contributed by atoms with Gasteiger partial charge < -0.3 is 14.0 Å². The topological polar surface area (TPSA) is 116 Å². The van der Waals surface area contributed by atoms with Crippen LogP contribution in [-0.2, 0) is 14.4 Å². The van der Waals surface area contributed by atoms with E-state index < -0.39 is 23.8 Å².